The molecule has 0 atom stereocenters. The van der Waals surface area contributed by atoms with Crippen LogP contribution >= 0.6 is 15.9 Å². The van der Waals surface area contributed by atoms with Crippen molar-refractivity contribution in [2.75, 3.05) is 26.4 Å². The first-order valence-corrected chi connectivity index (χ1v) is 14.8. The maximum absolute atomic E-state index is 13.6. The van der Waals surface area contributed by atoms with Crippen molar-refractivity contribution in [3.8, 4) is 0 Å². The number of nitrogens with one attached hydrogen (secondary N) is 1. The Kier molecular flexibility index (Phi) is 14.6. The van der Waals surface area contributed by atoms with E-state index in [0.29, 0.717) is 30.4 Å². The van der Waals surface area contributed by atoms with Crippen LogP contribution in [0.2, 0.25) is 0 Å². The smallest absolute Gasteiger partial charge is 0.355 e. The highest BCUT2D eigenvalue weighted by atomic mass is 79.9. The number of hydrogen-bond acceptors (Lipinski definition) is 10. The molecule has 11 heteroatoms. The molecule has 1 aliphatic heterocycles. The fourth-order valence-electron chi connectivity index (χ4n) is 3.76. The highest BCUT2D eigenvalue weighted by Gasteiger charge is 2.46. The summed E-state index contributed by atoms with van der Waals surface area (Å²) in [6.07, 6.45) is 5.48. The second-order valence-electron chi connectivity index (χ2n) is 9.24. The van der Waals surface area contributed by atoms with Crippen LogP contribution in [-0.2, 0) is 38.1 Å². The van der Waals surface area contributed by atoms with Crippen molar-refractivity contribution in [1.29, 1.82) is 0 Å². The summed E-state index contributed by atoms with van der Waals surface area (Å²) in [4.78, 5) is 53.8. The average Bonchev–Trinajstić information content (AvgIpc) is 3.37. The molecule has 0 saturated heterocycles. The van der Waals surface area contributed by atoms with E-state index in [4.69, 9.17) is 23.4 Å². The van der Waals surface area contributed by atoms with E-state index in [-0.39, 0.29) is 54.7 Å². The minimum absolute atomic E-state index is 0.0947. The van der Waals surface area contributed by atoms with Crippen molar-refractivity contribution in [3.05, 3.63) is 45.1 Å². The molecule has 40 heavy (non-hydrogen) atoms. The van der Waals surface area contributed by atoms with Gasteiger partial charge in [0.2, 0.25) is 0 Å². The molecule has 1 aromatic heterocycles. The van der Waals surface area contributed by atoms with Crippen molar-refractivity contribution in [1.82, 2.24) is 5.32 Å². The van der Waals surface area contributed by atoms with E-state index in [0.717, 1.165) is 25.7 Å². The first-order chi connectivity index (χ1) is 19.3. The number of rotatable bonds is 17. The van der Waals surface area contributed by atoms with Crippen LogP contribution in [0, 0.1) is 0 Å². The van der Waals surface area contributed by atoms with Gasteiger partial charge in [-0.15, -0.1) is 0 Å². The molecule has 10 nitrogen and oxygen atoms in total. The summed E-state index contributed by atoms with van der Waals surface area (Å²) in [6.45, 7) is 8.16. The predicted molar refractivity (Wildman–Crippen MR) is 150 cm³/mol. The van der Waals surface area contributed by atoms with Crippen molar-refractivity contribution >= 4 is 39.8 Å². The third-order valence-electron chi connectivity index (χ3n) is 6.02. The summed E-state index contributed by atoms with van der Waals surface area (Å²) in [7, 11) is 0. The SMILES string of the molecule is CCCCOC(=O)C1=C(C(=O)OCCCC)C(c2ccc(Br)o2)C(C(=O)OCCCC)=C(C(=O)OCCCC)N1. The monoisotopic (exact) mass is 625 g/mol. The Morgan fingerprint density at radius 2 is 1.05 bits per heavy atom. The fourth-order valence-corrected chi connectivity index (χ4v) is 4.08. The molecule has 2 rings (SSSR count). The first kappa shape index (κ1) is 33.1. The quantitative estimate of drug-likeness (QED) is 0.132. The lowest BCUT2D eigenvalue weighted by atomic mass is 9.83. The zero-order valence-corrected chi connectivity index (χ0v) is 25.4. The van der Waals surface area contributed by atoms with Crippen molar-refractivity contribution < 1.29 is 42.5 Å². The maximum atomic E-state index is 13.6. The van der Waals surface area contributed by atoms with Crippen molar-refractivity contribution in [2.24, 2.45) is 0 Å². The molecule has 1 aliphatic rings. The van der Waals surface area contributed by atoms with Crippen molar-refractivity contribution in [2.45, 2.75) is 85.0 Å². The van der Waals surface area contributed by atoms with Crippen LogP contribution < -0.4 is 5.32 Å². The van der Waals surface area contributed by atoms with Crippen LogP contribution in [0.5, 0.6) is 0 Å². The molecule has 0 radical (unpaired) electrons. The molecule has 0 amide bonds. The van der Waals surface area contributed by atoms with Crippen LogP contribution in [0.25, 0.3) is 0 Å². The van der Waals surface area contributed by atoms with Gasteiger partial charge in [-0.3, -0.25) is 0 Å². The van der Waals surface area contributed by atoms with E-state index in [1.807, 2.05) is 27.7 Å². The normalized spacial score (nSPS) is 13.6. The van der Waals surface area contributed by atoms with E-state index in [2.05, 4.69) is 21.2 Å². The third kappa shape index (κ3) is 9.25. The molecular weight excluding hydrogens is 586 g/mol. The van der Waals surface area contributed by atoms with Crippen LogP contribution in [0.3, 0.4) is 0 Å². The third-order valence-corrected chi connectivity index (χ3v) is 6.44. The number of furan rings is 1. The molecular formula is C29H40BrNO9. The molecule has 0 bridgehead atoms. The van der Waals surface area contributed by atoms with Gasteiger partial charge in [-0.05, 0) is 53.7 Å². The van der Waals surface area contributed by atoms with Gasteiger partial charge < -0.3 is 28.7 Å². The summed E-state index contributed by atoms with van der Waals surface area (Å²) in [5.41, 5.74) is -1.07. The minimum Gasteiger partial charge on any atom is -0.462 e. The van der Waals surface area contributed by atoms with Gasteiger partial charge in [-0.25, -0.2) is 19.2 Å². The number of esters is 4. The number of halogens is 1. The molecule has 1 N–H and O–H groups in total. The molecule has 0 saturated carbocycles. The Bertz CT molecular complexity index is 1030. The van der Waals surface area contributed by atoms with Gasteiger partial charge in [-0.2, -0.15) is 0 Å². The minimum atomic E-state index is -1.31. The van der Waals surface area contributed by atoms with Crippen LogP contribution in [0.15, 0.2) is 43.8 Å². The zero-order valence-electron chi connectivity index (χ0n) is 23.8. The Labute approximate surface area is 243 Å². The van der Waals surface area contributed by atoms with Gasteiger partial charge in [0.25, 0.3) is 0 Å². The Morgan fingerprint density at radius 3 is 1.38 bits per heavy atom. The van der Waals surface area contributed by atoms with E-state index in [1.165, 1.54) is 0 Å². The Morgan fingerprint density at radius 1 is 0.675 bits per heavy atom. The molecule has 0 aromatic carbocycles. The first-order valence-electron chi connectivity index (χ1n) is 14.0. The average molecular weight is 627 g/mol. The molecule has 0 unspecified atom stereocenters. The number of unbranched alkanes of at least 4 members (excludes halogenated alkanes) is 4. The number of ether oxygens (including phenoxy) is 4. The summed E-state index contributed by atoms with van der Waals surface area (Å²) < 4.78 is 27.9. The second-order valence-corrected chi connectivity index (χ2v) is 10.0. The number of carbonyl (C=O) groups excluding carboxylic acids is 4. The number of dihydropyridines is 1. The Balaban J connectivity index is 2.75. The van der Waals surface area contributed by atoms with Crippen LogP contribution in [0.4, 0.5) is 0 Å². The lowest BCUT2D eigenvalue weighted by Crippen LogP contribution is -2.40. The predicted octanol–water partition coefficient (Wildman–Crippen LogP) is 5.61. The van der Waals surface area contributed by atoms with Gasteiger partial charge in [0, 0.05) is 0 Å². The van der Waals surface area contributed by atoms with E-state index in [1.54, 1.807) is 12.1 Å². The van der Waals surface area contributed by atoms with Crippen LogP contribution in [0.1, 0.15) is 90.7 Å². The molecule has 0 fully saturated rings. The number of hydrogen-bond donors (Lipinski definition) is 1. The largest absolute Gasteiger partial charge is 0.462 e. The fraction of sp³-hybridized carbons (Fsp3) is 0.586. The standard InChI is InChI=1S/C29H40BrNO9/c1-5-9-15-36-26(32)22-21(19-13-14-20(30)40-19)23(27(33)37-16-10-6-2)25(29(35)39-18-12-8-4)31-24(22)28(34)38-17-11-7-3/h13-14,21,31H,5-12,15-18H2,1-4H3. The Hall–Kier alpha value is -3.08. The topological polar surface area (TPSA) is 130 Å². The summed E-state index contributed by atoms with van der Waals surface area (Å²) in [6, 6.07) is 3.12. The molecule has 0 aliphatic carbocycles. The number of carbonyl (C=O) groups is 4. The van der Waals surface area contributed by atoms with Crippen LogP contribution in [-0.4, -0.2) is 50.3 Å². The zero-order chi connectivity index (χ0) is 29.5. The van der Waals surface area contributed by atoms with Gasteiger partial charge in [0.15, 0.2) is 4.67 Å². The van der Waals surface area contributed by atoms with Gasteiger partial charge in [-0.1, -0.05) is 53.4 Å². The van der Waals surface area contributed by atoms with E-state index >= 15 is 0 Å². The lowest BCUT2D eigenvalue weighted by Gasteiger charge is -2.29. The summed E-state index contributed by atoms with van der Waals surface area (Å²) in [5.74, 6) is -4.63. The second kappa shape index (κ2) is 17.6. The van der Waals surface area contributed by atoms with Crippen molar-refractivity contribution in [3.63, 3.8) is 0 Å². The van der Waals surface area contributed by atoms with E-state index in [9.17, 15) is 19.2 Å². The van der Waals surface area contributed by atoms with Gasteiger partial charge in [0.05, 0.1) is 43.5 Å². The summed E-state index contributed by atoms with van der Waals surface area (Å²) >= 11 is 3.26. The van der Waals surface area contributed by atoms with Gasteiger partial charge >= 0.3 is 23.9 Å². The molecule has 2 heterocycles. The highest BCUT2D eigenvalue weighted by molar-refractivity contribution is 9.10. The maximum Gasteiger partial charge on any atom is 0.355 e. The summed E-state index contributed by atoms with van der Waals surface area (Å²) in [5, 5.41) is 2.71. The van der Waals surface area contributed by atoms with E-state index < -0.39 is 29.8 Å². The molecule has 222 valence electrons. The lowest BCUT2D eigenvalue weighted by molar-refractivity contribution is -0.145. The highest BCUT2D eigenvalue weighted by Crippen LogP contribution is 2.41. The van der Waals surface area contributed by atoms with Gasteiger partial charge in [0.1, 0.15) is 17.2 Å². The molecule has 0 spiro atoms. The molecule has 1 aromatic rings.